The zero-order valence-electron chi connectivity index (χ0n) is 13.9. The lowest BCUT2D eigenvalue weighted by Crippen LogP contribution is -2.39. The molecular weight excluding hydrogens is 278 g/mol. The normalized spacial score (nSPS) is 17.3. The molecule has 0 radical (unpaired) electrons. The predicted octanol–water partition coefficient (Wildman–Crippen LogP) is 0.746. The number of aliphatic imine (C=N–C) groups is 1. The highest BCUT2D eigenvalue weighted by Crippen LogP contribution is 2.09. The lowest BCUT2D eigenvalue weighted by Gasteiger charge is -2.20. The average molecular weight is 307 g/mol. The molecule has 7 heteroatoms. The molecule has 1 aliphatic rings. The van der Waals surface area contributed by atoms with E-state index in [0.29, 0.717) is 6.54 Å². The number of hydrogen-bond donors (Lipinski definition) is 2. The van der Waals surface area contributed by atoms with E-state index >= 15 is 0 Å². The minimum atomic E-state index is 0.627. The molecule has 0 atom stereocenters. The van der Waals surface area contributed by atoms with Crippen molar-refractivity contribution in [2.75, 3.05) is 33.2 Å². The fraction of sp³-hybridized carbons (Fsp3) is 0.800. The molecule has 2 rings (SSSR count). The largest absolute Gasteiger partial charge is 0.356 e. The standard InChI is InChI=1S/C15H29N7/c1-16-15(18-12-14-20-19-13-21(14)2)17-8-7-11-22-9-5-3-4-6-10-22/h13H,3-12H2,1-2H3,(H2,16,17,18). The van der Waals surface area contributed by atoms with Crippen LogP contribution in [0, 0.1) is 0 Å². The summed E-state index contributed by atoms with van der Waals surface area (Å²) in [5.41, 5.74) is 0. The molecule has 1 aliphatic heterocycles. The Morgan fingerprint density at radius 3 is 2.64 bits per heavy atom. The Kier molecular flexibility index (Phi) is 7.15. The topological polar surface area (TPSA) is 70.4 Å². The first-order chi connectivity index (χ1) is 10.8. The van der Waals surface area contributed by atoms with Crippen LogP contribution in [0.4, 0.5) is 0 Å². The predicted molar refractivity (Wildman–Crippen MR) is 88.7 cm³/mol. The number of aryl methyl sites for hydroxylation is 1. The minimum absolute atomic E-state index is 0.627. The Morgan fingerprint density at radius 1 is 1.23 bits per heavy atom. The summed E-state index contributed by atoms with van der Waals surface area (Å²) < 4.78 is 1.90. The smallest absolute Gasteiger partial charge is 0.191 e. The van der Waals surface area contributed by atoms with Gasteiger partial charge in [-0.1, -0.05) is 12.8 Å². The zero-order chi connectivity index (χ0) is 15.6. The Labute approximate surface area is 133 Å². The Balaban J connectivity index is 1.61. The Morgan fingerprint density at radius 2 is 2.00 bits per heavy atom. The van der Waals surface area contributed by atoms with E-state index in [2.05, 4.69) is 30.7 Å². The molecule has 7 nitrogen and oxygen atoms in total. The van der Waals surface area contributed by atoms with E-state index in [1.54, 1.807) is 13.4 Å². The Hall–Kier alpha value is -1.63. The molecule has 2 N–H and O–H groups in total. The molecule has 1 aromatic rings. The molecule has 0 aromatic carbocycles. The van der Waals surface area contributed by atoms with Crippen molar-refractivity contribution in [3.8, 4) is 0 Å². The van der Waals surface area contributed by atoms with Crippen molar-refractivity contribution < 1.29 is 0 Å². The number of likely N-dealkylation sites (tertiary alicyclic amines) is 1. The first-order valence-electron chi connectivity index (χ1n) is 8.29. The molecule has 124 valence electrons. The van der Waals surface area contributed by atoms with Gasteiger partial charge in [0.1, 0.15) is 6.33 Å². The molecule has 2 heterocycles. The van der Waals surface area contributed by atoms with Crippen molar-refractivity contribution in [1.29, 1.82) is 0 Å². The highest BCUT2D eigenvalue weighted by molar-refractivity contribution is 5.79. The summed E-state index contributed by atoms with van der Waals surface area (Å²) in [6.45, 7) is 5.27. The second kappa shape index (κ2) is 9.40. The summed E-state index contributed by atoms with van der Waals surface area (Å²) in [5.74, 6) is 1.71. The number of hydrogen-bond acceptors (Lipinski definition) is 4. The van der Waals surface area contributed by atoms with E-state index in [-0.39, 0.29) is 0 Å². The second-order valence-electron chi connectivity index (χ2n) is 5.82. The molecule has 1 aromatic heterocycles. The second-order valence-corrected chi connectivity index (χ2v) is 5.82. The summed E-state index contributed by atoms with van der Waals surface area (Å²) in [4.78, 5) is 6.83. The summed E-state index contributed by atoms with van der Waals surface area (Å²) in [7, 11) is 3.73. The van der Waals surface area contributed by atoms with E-state index in [1.807, 2.05) is 11.6 Å². The Bertz CT molecular complexity index is 446. The molecule has 0 amide bonds. The van der Waals surface area contributed by atoms with Gasteiger partial charge in [-0.2, -0.15) is 0 Å². The maximum Gasteiger partial charge on any atom is 0.191 e. The van der Waals surface area contributed by atoms with E-state index in [0.717, 1.165) is 24.7 Å². The number of rotatable bonds is 6. The van der Waals surface area contributed by atoms with Gasteiger partial charge >= 0.3 is 0 Å². The van der Waals surface area contributed by atoms with Crippen molar-refractivity contribution in [3.63, 3.8) is 0 Å². The van der Waals surface area contributed by atoms with E-state index in [4.69, 9.17) is 0 Å². The first kappa shape index (κ1) is 16.7. The van der Waals surface area contributed by atoms with Crippen molar-refractivity contribution in [3.05, 3.63) is 12.2 Å². The van der Waals surface area contributed by atoms with Crippen LogP contribution in [-0.2, 0) is 13.6 Å². The van der Waals surface area contributed by atoms with Crippen LogP contribution in [0.1, 0.15) is 37.9 Å². The number of aromatic nitrogens is 3. The van der Waals surface area contributed by atoms with Crippen LogP contribution in [0.3, 0.4) is 0 Å². The minimum Gasteiger partial charge on any atom is -0.356 e. The summed E-state index contributed by atoms with van der Waals surface area (Å²) >= 11 is 0. The third-order valence-corrected chi connectivity index (χ3v) is 4.08. The van der Waals surface area contributed by atoms with Crippen LogP contribution in [0.15, 0.2) is 11.3 Å². The molecule has 0 unspecified atom stereocenters. The average Bonchev–Trinajstić information content (AvgIpc) is 2.77. The van der Waals surface area contributed by atoms with Crippen molar-refractivity contribution in [1.82, 2.24) is 30.3 Å². The van der Waals surface area contributed by atoms with Gasteiger partial charge in [-0.3, -0.25) is 4.99 Å². The molecule has 1 saturated heterocycles. The highest BCUT2D eigenvalue weighted by atomic mass is 15.3. The quantitative estimate of drug-likeness (QED) is 0.461. The lowest BCUT2D eigenvalue weighted by molar-refractivity contribution is 0.282. The van der Waals surface area contributed by atoms with Gasteiger partial charge in [-0.15, -0.1) is 10.2 Å². The lowest BCUT2D eigenvalue weighted by atomic mass is 10.2. The van der Waals surface area contributed by atoms with Crippen LogP contribution in [0.2, 0.25) is 0 Å². The maximum absolute atomic E-state index is 4.24. The number of nitrogens with one attached hydrogen (secondary N) is 2. The van der Waals surface area contributed by atoms with Crippen LogP contribution in [-0.4, -0.2) is 58.9 Å². The van der Waals surface area contributed by atoms with Gasteiger partial charge in [0.05, 0.1) is 6.54 Å². The molecular formula is C15H29N7. The van der Waals surface area contributed by atoms with Crippen LogP contribution < -0.4 is 10.6 Å². The molecule has 22 heavy (non-hydrogen) atoms. The van der Waals surface area contributed by atoms with Gasteiger partial charge in [0.15, 0.2) is 11.8 Å². The molecule has 0 spiro atoms. The third-order valence-electron chi connectivity index (χ3n) is 4.08. The fourth-order valence-electron chi connectivity index (χ4n) is 2.72. The third kappa shape index (κ3) is 5.63. The number of nitrogens with zero attached hydrogens (tertiary/aromatic N) is 5. The van der Waals surface area contributed by atoms with Gasteiger partial charge in [0.25, 0.3) is 0 Å². The zero-order valence-corrected chi connectivity index (χ0v) is 13.9. The van der Waals surface area contributed by atoms with Gasteiger partial charge < -0.3 is 20.1 Å². The SMILES string of the molecule is CN=C(NCCCN1CCCCCC1)NCc1nncn1C. The van der Waals surface area contributed by atoms with Crippen LogP contribution in [0.25, 0.3) is 0 Å². The van der Waals surface area contributed by atoms with Gasteiger partial charge in [0, 0.05) is 20.6 Å². The number of guanidine groups is 1. The van der Waals surface area contributed by atoms with Crippen molar-refractivity contribution >= 4 is 5.96 Å². The summed E-state index contributed by atoms with van der Waals surface area (Å²) in [6, 6.07) is 0. The molecule has 0 aliphatic carbocycles. The van der Waals surface area contributed by atoms with E-state index in [1.165, 1.54) is 45.3 Å². The first-order valence-corrected chi connectivity index (χ1v) is 8.29. The molecule has 0 saturated carbocycles. The van der Waals surface area contributed by atoms with Crippen LogP contribution in [0.5, 0.6) is 0 Å². The fourth-order valence-corrected chi connectivity index (χ4v) is 2.72. The van der Waals surface area contributed by atoms with E-state index < -0.39 is 0 Å². The highest BCUT2D eigenvalue weighted by Gasteiger charge is 2.08. The van der Waals surface area contributed by atoms with E-state index in [9.17, 15) is 0 Å². The van der Waals surface area contributed by atoms with Crippen LogP contribution >= 0.6 is 0 Å². The monoisotopic (exact) mass is 307 g/mol. The van der Waals surface area contributed by atoms with Crippen molar-refractivity contribution in [2.24, 2.45) is 12.0 Å². The maximum atomic E-state index is 4.24. The van der Waals surface area contributed by atoms with Gasteiger partial charge in [-0.05, 0) is 38.9 Å². The molecule has 0 bridgehead atoms. The summed E-state index contributed by atoms with van der Waals surface area (Å²) in [6.07, 6.45) is 8.35. The van der Waals surface area contributed by atoms with Crippen molar-refractivity contribution in [2.45, 2.75) is 38.6 Å². The summed E-state index contributed by atoms with van der Waals surface area (Å²) in [5, 5.41) is 14.5. The van der Waals surface area contributed by atoms with Gasteiger partial charge in [0.2, 0.25) is 0 Å². The molecule has 1 fully saturated rings. The van der Waals surface area contributed by atoms with Gasteiger partial charge in [-0.25, -0.2) is 0 Å².